The van der Waals surface area contributed by atoms with Crippen molar-refractivity contribution >= 4 is 39.1 Å². The first-order valence-corrected chi connectivity index (χ1v) is 10.4. The number of para-hydroxylation sites is 1. The maximum atomic E-state index is 12.0. The van der Waals surface area contributed by atoms with Crippen LogP contribution in [0.2, 0.25) is 0 Å². The smallest absolute Gasteiger partial charge is 0.317 e. The van der Waals surface area contributed by atoms with Crippen molar-refractivity contribution in [3.8, 4) is 0 Å². The van der Waals surface area contributed by atoms with Crippen LogP contribution in [0.25, 0.3) is 0 Å². The molecule has 2 N–H and O–H groups in total. The van der Waals surface area contributed by atoms with Crippen molar-refractivity contribution in [3.63, 3.8) is 0 Å². The minimum atomic E-state index is -0.737. The van der Waals surface area contributed by atoms with Gasteiger partial charge in [0.05, 0.1) is 5.69 Å². The number of rotatable bonds is 2. The Morgan fingerprint density at radius 3 is 1.92 bits per heavy atom. The maximum absolute atomic E-state index is 12.0. The van der Waals surface area contributed by atoms with E-state index in [2.05, 4.69) is 31.8 Å². The highest BCUT2D eigenvalue weighted by atomic mass is 79.9. The topological polar surface area (TPSA) is 70.6 Å². The molecule has 0 atom stereocenters. The van der Waals surface area contributed by atoms with Crippen LogP contribution in [-0.4, -0.2) is 17.5 Å². The first kappa shape index (κ1) is 20.6. The molecule has 0 heterocycles. The Kier molecular flexibility index (Phi) is 9.39. The van der Waals surface area contributed by atoms with Gasteiger partial charge in [0.1, 0.15) is 0 Å². The normalized spacial score (nSPS) is 16.7. The van der Waals surface area contributed by atoms with Crippen molar-refractivity contribution in [1.29, 1.82) is 0 Å². The molecule has 0 bridgehead atoms. The largest absolute Gasteiger partial charge is 0.329 e. The fraction of sp³-hybridized carbons (Fsp3) is 0.550. The zero-order valence-electron chi connectivity index (χ0n) is 15.2. The standard InChI is InChI=1S/C20H28BrN3O2/c21-17-14-10-11-15-18(17)22-19(25)20(26)24-23-16-12-8-6-4-2-1-3-5-7-9-13-16/h10-11,14-15H,1-9,12-13H2,(H,22,25)(H,24,26). The molecule has 5 nitrogen and oxygen atoms in total. The Balaban J connectivity index is 1.86. The van der Waals surface area contributed by atoms with Gasteiger partial charge in [-0.05, 0) is 53.7 Å². The number of hydrogen-bond donors (Lipinski definition) is 2. The Labute approximate surface area is 164 Å². The summed E-state index contributed by atoms with van der Waals surface area (Å²) < 4.78 is 0.729. The highest BCUT2D eigenvalue weighted by Crippen LogP contribution is 2.21. The zero-order chi connectivity index (χ0) is 18.6. The quantitative estimate of drug-likeness (QED) is 0.510. The second-order valence-corrected chi connectivity index (χ2v) is 7.59. The van der Waals surface area contributed by atoms with E-state index >= 15 is 0 Å². The number of hydrogen-bond acceptors (Lipinski definition) is 3. The van der Waals surface area contributed by atoms with Crippen molar-refractivity contribution in [1.82, 2.24) is 5.43 Å². The molecule has 1 aromatic rings. The van der Waals surface area contributed by atoms with Gasteiger partial charge in [-0.15, -0.1) is 0 Å². The highest BCUT2D eigenvalue weighted by Gasteiger charge is 2.14. The van der Waals surface area contributed by atoms with E-state index in [1.807, 2.05) is 6.07 Å². The van der Waals surface area contributed by atoms with Crippen molar-refractivity contribution in [2.24, 2.45) is 5.10 Å². The maximum Gasteiger partial charge on any atom is 0.329 e. The number of nitrogens with one attached hydrogen (secondary N) is 2. The molecule has 1 fully saturated rings. The number of amides is 2. The molecule has 0 aromatic heterocycles. The van der Waals surface area contributed by atoms with E-state index < -0.39 is 11.8 Å². The molecular weight excluding hydrogens is 394 g/mol. The molecule has 142 valence electrons. The van der Waals surface area contributed by atoms with Crippen LogP contribution >= 0.6 is 15.9 Å². The lowest BCUT2D eigenvalue weighted by Crippen LogP contribution is -2.33. The number of nitrogens with zero attached hydrogens (tertiary/aromatic N) is 1. The summed E-state index contributed by atoms with van der Waals surface area (Å²) in [7, 11) is 0. The molecule has 0 spiro atoms. The molecule has 0 aliphatic heterocycles. The second-order valence-electron chi connectivity index (χ2n) is 6.73. The van der Waals surface area contributed by atoms with Crippen molar-refractivity contribution in [2.75, 3.05) is 5.32 Å². The number of halogens is 1. The van der Waals surface area contributed by atoms with Crippen molar-refractivity contribution in [3.05, 3.63) is 28.7 Å². The van der Waals surface area contributed by atoms with Gasteiger partial charge in [0, 0.05) is 10.2 Å². The van der Waals surface area contributed by atoms with Crippen LogP contribution in [-0.2, 0) is 9.59 Å². The monoisotopic (exact) mass is 421 g/mol. The van der Waals surface area contributed by atoms with Gasteiger partial charge in [0.2, 0.25) is 0 Å². The lowest BCUT2D eigenvalue weighted by molar-refractivity contribution is -0.136. The minimum Gasteiger partial charge on any atom is -0.317 e. The van der Waals surface area contributed by atoms with Gasteiger partial charge in [0.25, 0.3) is 0 Å². The molecule has 2 rings (SSSR count). The molecule has 1 saturated carbocycles. The third-order valence-electron chi connectivity index (χ3n) is 4.57. The van der Waals surface area contributed by atoms with Gasteiger partial charge < -0.3 is 5.32 Å². The van der Waals surface area contributed by atoms with Crippen molar-refractivity contribution < 1.29 is 9.59 Å². The SMILES string of the molecule is O=C(NN=C1CCCCCCCCCCC1)C(=O)Nc1ccccc1Br. The van der Waals surface area contributed by atoms with Crippen LogP contribution in [0.15, 0.2) is 33.8 Å². The van der Waals surface area contributed by atoms with Gasteiger partial charge in [0.15, 0.2) is 0 Å². The zero-order valence-corrected chi connectivity index (χ0v) is 16.8. The van der Waals surface area contributed by atoms with Crippen LogP contribution in [0.5, 0.6) is 0 Å². The molecule has 6 heteroatoms. The van der Waals surface area contributed by atoms with E-state index in [1.54, 1.807) is 18.2 Å². The molecule has 26 heavy (non-hydrogen) atoms. The Bertz CT molecular complexity index is 617. The number of hydrazone groups is 1. The molecule has 2 amide bonds. The lowest BCUT2D eigenvalue weighted by atomic mass is 10.00. The van der Waals surface area contributed by atoms with Crippen LogP contribution in [0.3, 0.4) is 0 Å². The average molecular weight is 422 g/mol. The van der Waals surface area contributed by atoms with Gasteiger partial charge in [-0.2, -0.15) is 5.10 Å². The predicted octanol–water partition coefficient (Wildman–Crippen LogP) is 5.16. The summed E-state index contributed by atoms with van der Waals surface area (Å²) in [6.07, 6.45) is 12.9. The van der Waals surface area contributed by atoms with E-state index in [-0.39, 0.29) is 0 Å². The third-order valence-corrected chi connectivity index (χ3v) is 5.27. The van der Waals surface area contributed by atoms with Crippen LogP contribution in [0, 0.1) is 0 Å². The van der Waals surface area contributed by atoms with Crippen LogP contribution < -0.4 is 10.7 Å². The lowest BCUT2D eigenvalue weighted by Gasteiger charge is -2.10. The van der Waals surface area contributed by atoms with Crippen LogP contribution in [0.1, 0.15) is 70.6 Å². The van der Waals surface area contributed by atoms with Gasteiger partial charge in [-0.3, -0.25) is 9.59 Å². The first-order valence-electron chi connectivity index (χ1n) is 9.58. The molecule has 1 aliphatic rings. The predicted molar refractivity (Wildman–Crippen MR) is 109 cm³/mol. The second kappa shape index (κ2) is 11.8. The van der Waals surface area contributed by atoms with E-state index in [1.165, 1.54) is 44.9 Å². The molecule has 1 aliphatic carbocycles. The fourth-order valence-electron chi connectivity index (χ4n) is 3.05. The summed E-state index contributed by atoms with van der Waals surface area (Å²) in [6, 6.07) is 7.17. The summed E-state index contributed by atoms with van der Waals surface area (Å²) in [6.45, 7) is 0. The van der Waals surface area contributed by atoms with Gasteiger partial charge in [-0.25, -0.2) is 5.43 Å². The molecular formula is C20H28BrN3O2. The molecule has 0 radical (unpaired) electrons. The summed E-state index contributed by atoms with van der Waals surface area (Å²) in [5.41, 5.74) is 3.98. The summed E-state index contributed by atoms with van der Waals surface area (Å²) in [5, 5.41) is 6.83. The number of benzene rings is 1. The van der Waals surface area contributed by atoms with Gasteiger partial charge in [-0.1, -0.05) is 57.1 Å². The highest BCUT2D eigenvalue weighted by molar-refractivity contribution is 9.10. The summed E-state index contributed by atoms with van der Waals surface area (Å²) in [5.74, 6) is -1.45. The summed E-state index contributed by atoms with van der Waals surface area (Å²) in [4.78, 5) is 24.1. The molecule has 1 aromatic carbocycles. The Morgan fingerprint density at radius 1 is 0.808 bits per heavy atom. The fourth-order valence-corrected chi connectivity index (χ4v) is 3.44. The number of anilines is 1. The number of carbonyl (C=O) groups is 2. The third kappa shape index (κ3) is 7.68. The van der Waals surface area contributed by atoms with Gasteiger partial charge >= 0.3 is 11.8 Å². The molecule has 0 unspecified atom stereocenters. The first-order chi connectivity index (χ1) is 12.7. The van der Waals surface area contributed by atoms with E-state index in [9.17, 15) is 9.59 Å². The van der Waals surface area contributed by atoms with Crippen molar-refractivity contribution in [2.45, 2.75) is 70.6 Å². The average Bonchev–Trinajstić information content (AvgIpc) is 2.63. The number of carbonyl (C=O) groups excluding carboxylic acids is 2. The Hall–Kier alpha value is -1.69. The van der Waals surface area contributed by atoms with E-state index in [0.717, 1.165) is 35.9 Å². The van der Waals surface area contributed by atoms with Crippen LogP contribution in [0.4, 0.5) is 5.69 Å². The van der Waals surface area contributed by atoms with E-state index in [0.29, 0.717) is 5.69 Å². The summed E-state index contributed by atoms with van der Waals surface area (Å²) >= 11 is 3.34. The minimum absolute atomic E-state index is 0.561. The Morgan fingerprint density at radius 2 is 1.35 bits per heavy atom. The molecule has 0 saturated heterocycles. The van der Waals surface area contributed by atoms with E-state index in [4.69, 9.17) is 0 Å².